The second-order valence-electron chi connectivity index (χ2n) is 4.60. The number of hydrogen-bond acceptors (Lipinski definition) is 4. The number of methoxy groups -OCH3 is 1. The first-order chi connectivity index (χ1) is 10.1. The standard InChI is InChI=1S/C14H13ClN4O2/c1-18-13-9(6-17-18)14(20)19(8-16-13)7-10-11(15)4-3-5-12(10)21-2/h3-6,8H,7H2,1-2H3. The van der Waals surface area contributed by atoms with Crippen molar-refractivity contribution in [3.8, 4) is 5.75 Å². The third-order valence-corrected chi connectivity index (χ3v) is 3.70. The minimum absolute atomic E-state index is 0.157. The van der Waals surface area contributed by atoms with E-state index >= 15 is 0 Å². The van der Waals surface area contributed by atoms with Crippen molar-refractivity contribution in [1.29, 1.82) is 0 Å². The molecule has 0 saturated heterocycles. The number of rotatable bonds is 3. The SMILES string of the molecule is COc1cccc(Cl)c1Cn1cnc2c(cnn2C)c1=O. The number of fused-ring (bicyclic) bond motifs is 1. The van der Waals surface area contributed by atoms with E-state index in [1.165, 1.54) is 17.1 Å². The van der Waals surface area contributed by atoms with Crippen molar-refractivity contribution in [1.82, 2.24) is 19.3 Å². The Morgan fingerprint density at radius 2 is 2.19 bits per heavy atom. The lowest BCUT2D eigenvalue weighted by Gasteiger charge is -2.11. The minimum Gasteiger partial charge on any atom is -0.496 e. The largest absolute Gasteiger partial charge is 0.496 e. The van der Waals surface area contributed by atoms with E-state index in [4.69, 9.17) is 16.3 Å². The molecule has 0 saturated carbocycles. The molecule has 7 heteroatoms. The zero-order valence-electron chi connectivity index (χ0n) is 11.6. The van der Waals surface area contributed by atoms with Crippen LogP contribution >= 0.6 is 11.6 Å². The lowest BCUT2D eigenvalue weighted by atomic mass is 10.2. The van der Waals surface area contributed by atoms with E-state index in [1.807, 2.05) is 6.07 Å². The van der Waals surface area contributed by atoms with Crippen molar-refractivity contribution in [2.24, 2.45) is 7.05 Å². The van der Waals surface area contributed by atoms with Crippen LogP contribution in [0.3, 0.4) is 0 Å². The van der Waals surface area contributed by atoms with Crippen molar-refractivity contribution in [2.75, 3.05) is 7.11 Å². The fourth-order valence-electron chi connectivity index (χ4n) is 2.23. The van der Waals surface area contributed by atoms with Gasteiger partial charge in [-0.1, -0.05) is 17.7 Å². The van der Waals surface area contributed by atoms with Gasteiger partial charge in [-0.3, -0.25) is 14.0 Å². The predicted octanol–water partition coefficient (Wildman–Crippen LogP) is 1.84. The average Bonchev–Trinajstić information content (AvgIpc) is 2.86. The van der Waals surface area contributed by atoms with Crippen molar-refractivity contribution >= 4 is 22.6 Å². The van der Waals surface area contributed by atoms with Gasteiger partial charge < -0.3 is 4.74 Å². The van der Waals surface area contributed by atoms with Crippen LogP contribution in [0.4, 0.5) is 0 Å². The van der Waals surface area contributed by atoms with E-state index in [2.05, 4.69) is 10.1 Å². The molecule has 108 valence electrons. The summed E-state index contributed by atoms with van der Waals surface area (Å²) < 4.78 is 8.35. The van der Waals surface area contributed by atoms with Crippen LogP contribution in [0, 0.1) is 0 Å². The number of hydrogen-bond donors (Lipinski definition) is 0. The van der Waals surface area contributed by atoms with Crippen molar-refractivity contribution in [3.63, 3.8) is 0 Å². The van der Waals surface area contributed by atoms with Gasteiger partial charge >= 0.3 is 0 Å². The van der Waals surface area contributed by atoms with Crippen LogP contribution in [-0.4, -0.2) is 26.4 Å². The molecule has 3 aromatic rings. The monoisotopic (exact) mass is 304 g/mol. The summed E-state index contributed by atoms with van der Waals surface area (Å²) >= 11 is 6.20. The molecule has 0 amide bonds. The Labute approximate surface area is 125 Å². The lowest BCUT2D eigenvalue weighted by molar-refractivity contribution is 0.408. The first-order valence-electron chi connectivity index (χ1n) is 6.30. The molecule has 2 aromatic heterocycles. The summed E-state index contributed by atoms with van der Waals surface area (Å²) in [6.07, 6.45) is 3.01. The number of aromatic nitrogens is 4. The first-order valence-corrected chi connectivity index (χ1v) is 6.68. The van der Waals surface area contributed by atoms with Crippen LogP contribution in [0.5, 0.6) is 5.75 Å². The summed E-state index contributed by atoms with van der Waals surface area (Å²) in [7, 11) is 3.32. The maximum atomic E-state index is 12.4. The highest BCUT2D eigenvalue weighted by Gasteiger charge is 2.12. The van der Waals surface area contributed by atoms with Crippen LogP contribution in [0.15, 0.2) is 35.5 Å². The second-order valence-corrected chi connectivity index (χ2v) is 5.01. The highest BCUT2D eigenvalue weighted by Crippen LogP contribution is 2.26. The van der Waals surface area contributed by atoms with Crippen LogP contribution < -0.4 is 10.3 Å². The molecule has 1 aromatic carbocycles. The van der Waals surface area contributed by atoms with Gasteiger partial charge in [0.25, 0.3) is 5.56 Å². The summed E-state index contributed by atoms with van der Waals surface area (Å²) in [5.41, 5.74) is 1.14. The molecular weight excluding hydrogens is 292 g/mol. The molecule has 0 unspecified atom stereocenters. The molecule has 0 aliphatic heterocycles. The summed E-state index contributed by atoms with van der Waals surface area (Å²) in [6, 6.07) is 5.37. The fraction of sp³-hybridized carbons (Fsp3) is 0.214. The summed E-state index contributed by atoms with van der Waals surface area (Å²) in [4.78, 5) is 16.7. The van der Waals surface area contributed by atoms with Gasteiger partial charge in [0.15, 0.2) is 5.65 Å². The van der Waals surface area contributed by atoms with E-state index in [1.54, 1.807) is 31.0 Å². The molecule has 0 aliphatic rings. The fourth-order valence-corrected chi connectivity index (χ4v) is 2.46. The van der Waals surface area contributed by atoms with Crippen LogP contribution in [-0.2, 0) is 13.6 Å². The predicted molar refractivity (Wildman–Crippen MR) is 79.9 cm³/mol. The van der Waals surface area contributed by atoms with E-state index < -0.39 is 0 Å². The Kier molecular flexibility index (Phi) is 3.39. The number of ether oxygens (including phenoxy) is 1. The topological polar surface area (TPSA) is 61.9 Å². The average molecular weight is 305 g/mol. The molecule has 0 atom stereocenters. The van der Waals surface area contributed by atoms with Gasteiger partial charge in [-0.25, -0.2) is 4.98 Å². The molecule has 0 spiro atoms. The van der Waals surface area contributed by atoms with E-state index in [9.17, 15) is 4.79 Å². The normalized spacial score (nSPS) is 11.0. The molecular formula is C14H13ClN4O2. The van der Waals surface area contributed by atoms with Crippen LogP contribution in [0.2, 0.25) is 5.02 Å². The minimum atomic E-state index is -0.157. The van der Waals surface area contributed by atoms with Gasteiger partial charge in [-0.2, -0.15) is 5.10 Å². The number of benzene rings is 1. The Morgan fingerprint density at radius 3 is 2.95 bits per heavy atom. The Bertz CT molecular complexity index is 869. The molecule has 6 nitrogen and oxygen atoms in total. The van der Waals surface area contributed by atoms with E-state index in [0.717, 1.165) is 5.56 Å². The first kappa shape index (κ1) is 13.6. The number of nitrogens with zero attached hydrogens (tertiary/aromatic N) is 4. The third-order valence-electron chi connectivity index (χ3n) is 3.34. The second kappa shape index (κ2) is 5.21. The summed E-state index contributed by atoms with van der Waals surface area (Å²) in [5, 5.41) is 5.07. The molecule has 2 heterocycles. The van der Waals surface area contributed by atoms with Crippen molar-refractivity contribution in [3.05, 3.63) is 51.7 Å². The van der Waals surface area contributed by atoms with Gasteiger partial charge in [-0.15, -0.1) is 0 Å². The van der Waals surface area contributed by atoms with E-state index in [-0.39, 0.29) is 5.56 Å². The van der Waals surface area contributed by atoms with Crippen LogP contribution in [0.25, 0.3) is 11.0 Å². The highest BCUT2D eigenvalue weighted by molar-refractivity contribution is 6.31. The molecule has 0 radical (unpaired) electrons. The van der Waals surface area contributed by atoms with Gasteiger partial charge in [0.05, 0.1) is 19.9 Å². The summed E-state index contributed by atoms with van der Waals surface area (Å²) in [6.45, 7) is 0.291. The molecule has 0 aliphatic carbocycles. The Balaban J connectivity index is 2.11. The summed E-state index contributed by atoms with van der Waals surface area (Å²) in [5.74, 6) is 0.640. The molecule has 0 bridgehead atoms. The van der Waals surface area contributed by atoms with Gasteiger partial charge in [0, 0.05) is 17.6 Å². The van der Waals surface area contributed by atoms with Gasteiger partial charge in [0.2, 0.25) is 0 Å². The number of halogens is 1. The molecule has 3 rings (SSSR count). The highest BCUT2D eigenvalue weighted by atomic mass is 35.5. The maximum absolute atomic E-state index is 12.4. The maximum Gasteiger partial charge on any atom is 0.264 e. The quantitative estimate of drug-likeness (QED) is 0.741. The van der Waals surface area contributed by atoms with Gasteiger partial charge in [-0.05, 0) is 12.1 Å². The van der Waals surface area contributed by atoms with Gasteiger partial charge in [0.1, 0.15) is 17.5 Å². The van der Waals surface area contributed by atoms with E-state index in [0.29, 0.717) is 28.4 Å². The molecule has 21 heavy (non-hydrogen) atoms. The van der Waals surface area contributed by atoms with Crippen molar-refractivity contribution < 1.29 is 4.74 Å². The zero-order chi connectivity index (χ0) is 15.0. The molecule has 0 N–H and O–H groups in total. The number of aryl methyl sites for hydroxylation is 1. The molecule has 0 fully saturated rings. The smallest absolute Gasteiger partial charge is 0.264 e. The van der Waals surface area contributed by atoms with Crippen molar-refractivity contribution in [2.45, 2.75) is 6.54 Å². The zero-order valence-corrected chi connectivity index (χ0v) is 12.3. The Hall–Kier alpha value is -2.34. The Morgan fingerprint density at radius 1 is 1.38 bits per heavy atom. The van der Waals surface area contributed by atoms with Crippen LogP contribution in [0.1, 0.15) is 5.56 Å². The third kappa shape index (κ3) is 2.27. The lowest BCUT2D eigenvalue weighted by Crippen LogP contribution is -2.21.